The fourth-order valence-electron chi connectivity index (χ4n) is 3.54. The molecule has 7 heteroatoms. The molecule has 7 nitrogen and oxygen atoms in total. The lowest BCUT2D eigenvalue weighted by Gasteiger charge is -2.15. The topological polar surface area (TPSA) is 79.3 Å². The van der Waals surface area contributed by atoms with Crippen molar-refractivity contribution in [2.45, 2.75) is 19.4 Å². The molecule has 1 fully saturated rings. The molecule has 3 aromatic rings. The number of rotatable bonds is 7. The third-order valence-electron chi connectivity index (χ3n) is 5.18. The number of aromatic nitrogens is 2. The number of nitrogens with zero attached hydrogens (tertiary/aromatic N) is 3. The number of anilines is 1. The molecule has 0 saturated carbocycles. The minimum atomic E-state index is -0.109. The summed E-state index contributed by atoms with van der Waals surface area (Å²) in [5.74, 6) is -0.0226. The van der Waals surface area contributed by atoms with Gasteiger partial charge in [0.25, 0.3) is 5.91 Å². The second-order valence-corrected chi connectivity index (χ2v) is 7.29. The predicted molar refractivity (Wildman–Crippen MR) is 115 cm³/mol. The zero-order valence-corrected chi connectivity index (χ0v) is 16.8. The number of carbonyl (C=O) groups excluding carboxylic acids is 2. The molecule has 154 valence electrons. The first-order valence-electron chi connectivity index (χ1n) is 10.2. The van der Waals surface area contributed by atoms with Crippen LogP contribution in [0.1, 0.15) is 28.8 Å². The second kappa shape index (κ2) is 9.26. The normalized spacial score (nSPS) is 13.3. The highest BCUT2D eigenvalue weighted by Gasteiger charge is 2.19. The number of nitrogens with one attached hydrogen (secondary N) is 2. The molecular weight excluding hydrogens is 378 g/mol. The van der Waals surface area contributed by atoms with Crippen LogP contribution in [0.15, 0.2) is 67.0 Å². The minimum absolute atomic E-state index is 0.0862. The molecule has 0 unspecified atom stereocenters. The Labute approximate surface area is 175 Å². The third-order valence-corrected chi connectivity index (χ3v) is 5.18. The molecule has 4 rings (SSSR count). The minimum Gasteiger partial charge on any atom is -0.374 e. The second-order valence-electron chi connectivity index (χ2n) is 7.29. The van der Waals surface area contributed by atoms with Gasteiger partial charge in [0.15, 0.2) is 0 Å². The molecule has 2 amide bonds. The maximum atomic E-state index is 12.4. The van der Waals surface area contributed by atoms with Crippen LogP contribution in [-0.2, 0) is 11.3 Å². The number of likely N-dealkylation sites (tertiary alicyclic amines) is 1. The molecule has 0 radical (unpaired) electrons. The largest absolute Gasteiger partial charge is 0.374 e. The number of amides is 2. The van der Waals surface area contributed by atoms with Crippen molar-refractivity contribution >= 4 is 17.5 Å². The highest BCUT2D eigenvalue weighted by atomic mass is 16.2. The van der Waals surface area contributed by atoms with E-state index in [1.54, 1.807) is 10.9 Å². The van der Waals surface area contributed by atoms with Gasteiger partial charge >= 0.3 is 0 Å². The molecule has 0 bridgehead atoms. The Kier molecular flexibility index (Phi) is 6.08. The summed E-state index contributed by atoms with van der Waals surface area (Å²) in [6.45, 7) is 2.25. The summed E-state index contributed by atoms with van der Waals surface area (Å²) in [6.07, 6.45) is 5.73. The van der Waals surface area contributed by atoms with Crippen molar-refractivity contribution in [2.24, 2.45) is 0 Å². The summed E-state index contributed by atoms with van der Waals surface area (Å²) in [5, 5.41) is 10.3. The van der Waals surface area contributed by atoms with Gasteiger partial charge in [0, 0.05) is 37.6 Å². The Balaban J connectivity index is 1.28. The molecule has 30 heavy (non-hydrogen) atoms. The summed E-state index contributed by atoms with van der Waals surface area (Å²) < 4.78 is 1.76. The van der Waals surface area contributed by atoms with Gasteiger partial charge < -0.3 is 15.5 Å². The molecule has 0 spiro atoms. The maximum Gasteiger partial charge on any atom is 0.253 e. The van der Waals surface area contributed by atoms with E-state index >= 15 is 0 Å². The Morgan fingerprint density at radius 1 is 0.967 bits per heavy atom. The van der Waals surface area contributed by atoms with Crippen LogP contribution in [0.2, 0.25) is 0 Å². The van der Waals surface area contributed by atoms with Gasteiger partial charge in [-0.15, -0.1) is 0 Å². The van der Waals surface area contributed by atoms with Gasteiger partial charge in [-0.05, 0) is 48.7 Å². The van der Waals surface area contributed by atoms with E-state index in [-0.39, 0.29) is 18.4 Å². The summed E-state index contributed by atoms with van der Waals surface area (Å²) in [4.78, 5) is 26.6. The van der Waals surface area contributed by atoms with Crippen LogP contribution >= 0.6 is 0 Å². The van der Waals surface area contributed by atoms with Crippen molar-refractivity contribution in [3.05, 3.63) is 78.1 Å². The van der Waals surface area contributed by atoms with E-state index in [1.165, 1.54) is 0 Å². The monoisotopic (exact) mass is 403 g/mol. The van der Waals surface area contributed by atoms with Crippen molar-refractivity contribution in [1.82, 2.24) is 20.0 Å². The number of para-hydroxylation sites is 2. The fraction of sp³-hybridized carbons (Fsp3) is 0.261. The number of carbonyl (C=O) groups is 2. The van der Waals surface area contributed by atoms with E-state index in [4.69, 9.17) is 0 Å². The van der Waals surface area contributed by atoms with Crippen molar-refractivity contribution < 1.29 is 9.59 Å². The molecule has 2 heterocycles. The molecule has 0 atom stereocenters. The van der Waals surface area contributed by atoms with E-state index in [0.717, 1.165) is 42.9 Å². The van der Waals surface area contributed by atoms with Crippen LogP contribution in [0.25, 0.3) is 5.69 Å². The number of hydrogen-bond acceptors (Lipinski definition) is 4. The maximum absolute atomic E-state index is 12.4. The van der Waals surface area contributed by atoms with Crippen LogP contribution in [-0.4, -0.2) is 46.1 Å². The first kappa shape index (κ1) is 19.7. The molecule has 0 aliphatic carbocycles. The lowest BCUT2D eigenvalue weighted by atomic mass is 10.1. The van der Waals surface area contributed by atoms with Crippen molar-refractivity contribution in [2.75, 3.05) is 25.0 Å². The Bertz CT molecular complexity index is 993. The van der Waals surface area contributed by atoms with E-state index in [1.807, 2.05) is 65.7 Å². The highest BCUT2D eigenvalue weighted by molar-refractivity contribution is 5.94. The standard InChI is InChI=1S/C23H25N5O2/c29-22(17-24-20-6-1-2-7-21(20)28-15-5-12-26-28)25-16-18-8-10-19(11-9-18)23(30)27-13-3-4-14-27/h1-2,5-12,15,24H,3-4,13-14,16-17H2,(H,25,29). The van der Waals surface area contributed by atoms with Gasteiger partial charge in [-0.1, -0.05) is 24.3 Å². The molecule has 1 aliphatic heterocycles. The molecular formula is C23H25N5O2. The van der Waals surface area contributed by atoms with E-state index in [0.29, 0.717) is 12.1 Å². The quantitative estimate of drug-likeness (QED) is 0.636. The molecule has 1 aliphatic rings. The zero-order chi connectivity index (χ0) is 20.8. The highest BCUT2D eigenvalue weighted by Crippen LogP contribution is 2.18. The van der Waals surface area contributed by atoms with Gasteiger partial charge in [0.2, 0.25) is 5.91 Å². The smallest absolute Gasteiger partial charge is 0.253 e. The SMILES string of the molecule is O=C(CNc1ccccc1-n1cccn1)NCc1ccc(C(=O)N2CCCC2)cc1. The number of hydrogen-bond donors (Lipinski definition) is 2. The van der Waals surface area contributed by atoms with Gasteiger partial charge in [-0.2, -0.15) is 5.10 Å². The summed E-state index contributed by atoms with van der Waals surface area (Å²) in [6, 6.07) is 17.0. The van der Waals surface area contributed by atoms with Gasteiger partial charge in [-0.3, -0.25) is 9.59 Å². The van der Waals surface area contributed by atoms with E-state index in [9.17, 15) is 9.59 Å². The molecule has 1 aromatic heterocycles. The third kappa shape index (κ3) is 4.68. The summed E-state index contributed by atoms with van der Waals surface area (Å²) >= 11 is 0. The fourth-order valence-corrected chi connectivity index (χ4v) is 3.54. The average molecular weight is 403 g/mol. The Morgan fingerprint density at radius 2 is 1.73 bits per heavy atom. The molecule has 2 N–H and O–H groups in total. The number of benzene rings is 2. The van der Waals surface area contributed by atoms with Crippen molar-refractivity contribution in [3.8, 4) is 5.69 Å². The van der Waals surface area contributed by atoms with E-state index in [2.05, 4.69) is 15.7 Å². The first-order valence-corrected chi connectivity index (χ1v) is 10.2. The van der Waals surface area contributed by atoms with Crippen LogP contribution in [0, 0.1) is 0 Å². The van der Waals surface area contributed by atoms with Gasteiger partial charge in [0.05, 0.1) is 17.9 Å². The van der Waals surface area contributed by atoms with Gasteiger partial charge in [0.1, 0.15) is 0 Å². The lowest BCUT2D eigenvalue weighted by Crippen LogP contribution is -2.30. The van der Waals surface area contributed by atoms with Crippen LogP contribution in [0.3, 0.4) is 0 Å². The van der Waals surface area contributed by atoms with Crippen LogP contribution in [0.4, 0.5) is 5.69 Å². The summed E-state index contributed by atoms with van der Waals surface area (Å²) in [5.41, 5.74) is 3.37. The van der Waals surface area contributed by atoms with Crippen molar-refractivity contribution in [3.63, 3.8) is 0 Å². The Hall–Kier alpha value is -3.61. The van der Waals surface area contributed by atoms with E-state index < -0.39 is 0 Å². The first-order chi connectivity index (χ1) is 14.7. The van der Waals surface area contributed by atoms with Crippen LogP contribution in [0.5, 0.6) is 0 Å². The summed E-state index contributed by atoms with van der Waals surface area (Å²) in [7, 11) is 0. The lowest BCUT2D eigenvalue weighted by molar-refractivity contribution is -0.119. The van der Waals surface area contributed by atoms with Gasteiger partial charge in [-0.25, -0.2) is 4.68 Å². The zero-order valence-electron chi connectivity index (χ0n) is 16.8. The van der Waals surface area contributed by atoms with Crippen LogP contribution < -0.4 is 10.6 Å². The predicted octanol–water partition coefficient (Wildman–Crippen LogP) is 2.84. The molecule has 2 aromatic carbocycles. The van der Waals surface area contributed by atoms with Crippen molar-refractivity contribution in [1.29, 1.82) is 0 Å². The Morgan fingerprint density at radius 3 is 2.47 bits per heavy atom. The molecule has 1 saturated heterocycles. The average Bonchev–Trinajstić information content (AvgIpc) is 3.51.